The molecule has 0 aliphatic rings. The highest BCUT2D eigenvalue weighted by atomic mass is 79.9. The monoisotopic (exact) mass is 285 g/mol. The van der Waals surface area contributed by atoms with Crippen molar-refractivity contribution in [1.82, 2.24) is 4.90 Å². The van der Waals surface area contributed by atoms with Crippen molar-refractivity contribution >= 4 is 33.3 Å². The number of carbonyl (C=O) groups excluding carboxylic acids is 1. The smallest absolute Gasteiger partial charge is 0.324 e. The van der Waals surface area contributed by atoms with Crippen molar-refractivity contribution in [3.05, 3.63) is 22.7 Å². The van der Waals surface area contributed by atoms with Crippen molar-refractivity contribution in [3.63, 3.8) is 0 Å². The average Bonchev–Trinajstić information content (AvgIpc) is 2.26. The number of amides is 2. The molecule has 88 valence electrons. The Kier molecular flexibility index (Phi) is 4.18. The summed E-state index contributed by atoms with van der Waals surface area (Å²) in [5.41, 5.74) is 7.15. The van der Waals surface area contributed by atoms with E-state index in [1.165, 1.54) is 0 Å². The molecule has 0 fully saturated rings. The van der Waals surface area contributed by atoms with Gasteiger partial charge in [0.1, 0.15) is 0 Å². The lowest BCUT2D eigenvalue weighted by molar-refractivity contribution is 0.219. The van der Waals surface area contributed by atoms with Gasteiger partial charge in [-0.2, -0.15) is 0 Å². The van der Waals surface area contributed by atoms with Crippen LogP contribution in [0.2, 0.25) is 0 Å². The van der Waals surface area contributed by atoms with Gasteiger partial charge in [0.05, 0.1) is 11.4 Å². The number of nitrogen functional groups attached to an aromatic ring is 1. The van der Waals surface area contributed by atoms with Gasteiger partial charge in [-0.25, -0.2) is 4.79 Å². The van der Waals surface area contributed by atoms with Crippen molar-refractivity contribution in [2.45, 2.75) is 6.92 Å². The summed E-state index contributed by atoms with van der Waals surface area (Å²) in [7, 11) is 3.47. The average molecular weight is 286 g/mol. The second kappa shape index (κ2) is 5.21. The zero-order valence-corrected chi connectivity index (χ0v) is 11.3. The Balaban J connectivity index is 2.96. The molecule has 0 bridgehead atoms. The van der Waals surface area contributed by atoms with Crippen LogP contribution in [0.3, 0.4) is 0 Å². The van der Waals surface area contributed by atoms with E-state index in [1.54, 1.807) is 30.0 Å². The van der Waals surface area contributed by atoms with E-state index in [9.17, 15) is 4.79 Å². The summed E-state index contributed by atoms with van der Waals surface area (Å²) in [4.78, 5) is 15.1. The van der Waals surface area contributed by atoms with Crippen LogP contribution in [-0.2, 0) is 0 Å². The molecule has 0 aromatic heterocycles. The van der Waals surface area contributed by atoms with Gasteiger partial charge in [-0.15, -0.1) is 0 Å². The molecule has 0 radical (unpaired) electrons. The Labute approximate surface area is 104 Å². The fourth-order valence-electron chi connectivity index (χ4n) is 1.33. The van der Waals surface area contributed by atoms with Gasteiger partial charge in [-0.05, 0) is 25.1 Å². The standard InChI is InChI=1S/C11H16BrN3O/c1-4-14(2)11(16)15(3)10-6-5-8(12)7-9(10)13/h5-7H,4,13H2,1-3H3. The number of nitrogens with two attached hydrogens (primary N) is 1. The minimum atomic E-state index is -0.0727. The summed E-state index contributed by atoms with van der Waals surface area (Å²) >= 11 is 3.33. The number of hydrogen-bond acceptors (Lipinski definition) is 2. The molecule has 5 heteroatoms. The zero-order chi connectivity index (χ0) is 12.3. The van der Waals surface area contributed by atoms with Crippen LogP contribution < -0.4 is 10.6 Å². The molecule has 0 saturated heterocycles. The molecule has 0 atom stereocenters. The second-order valence-electron chi connectivity index (χ2n) is 3.56. The van der Waals surface area contributed by atoms with Crippen LogP contribution in [0.25, 0.3) is 0 Å². The number of urea groups is 1. The molecule has 16 heavy (non-hydrogen) atoms. The van der Waals surface area contributed by atoms with Gasteiger partial charge in [0.25, 0.3) is 0 Å². The number of hydrogen-bond donors (Lipinski definition) is 1. The van der Waals surface area contributed by atoms with Gasteiger partial charge in [0.2, 0.25) is 0 Å². The van der Waals surface area contributed by atoms with Crippen LogP contribution in [0.5, 0.6) is 0 Å². The molecule has 4 nitrogen and oxygen atoms in total. The minimum absolute atomic E-state index is 0.0727. The summed E-state index contributed by atoms with van der Waals surface area (Å²) in [5.74, 6) is 0. The first-order valence-electron chi connectivity index (χ1n) is 5.01. The third-order valence-electron chi connectivity index (χ3n) is 2.44. The maximum atomic E-state index is 11.9. The third kappa shape index (κ3) is 2.66. The fraction of sp³-hybridized carbons (Fsp3) is 0.364. The van der Waals surface area contributed by atoms with Gasteiger partial charge in [0, 0.05) is 25.1 Å². The Morgan fingerprint density at radius 3 is 2.56 bits per heavy atom. The molecular weight excluding hydrogens is 270 g/mol. The number of halogens is 1. The van der Waals surface area contributed by atoms with E-state index in [4.69, 9.17) is 5.73 Å². The maximum absolute atomic E-state index is 11.9. The SMILES string of the molecule is CCN(C)C(=O)N(C)c1ccc(Br)cc1N. The molecule has 1 aromatic carbocycles. The molecular formula is C11H16BrN3O. The van der Waals surface area contributed by atoms with Crippen LogP contribution in [-0.4, -0.2) is 31.6 Å². The van der Waals surface area contributed by atoms with Crippen molar-refractivity contribution < 1.29 is 4.79 Å². The molecule has 1 rings (SSSR count). The van der Waals surface area contributed by atoms with E-state index in [0.717, 1.165) is 4.47 Å². The van der Waals surface area contributed by atoms with Crippen molar-refractivity contribution in [2.75, 3.05) is 31.3 Å². The number of carbonyl (C=O) groups is 1. The third-order valence-corrected chi connectivity index (χ3v) is 2.93. The topological polar surface area (TPSA) is 49.6 Å². The molecule has 2 N–H and O–H groups in total. The summed E-state index contributed by atoms with van der Waals surface area (Å²) in [6, 6.07) is 5.39. The normalized spacial score (nSPS) is 10.0. The van der Waals surface area contributed by atoms with Crippen molar-refractivity contribution in [3.8, 4) is 0 Å². The molecule has 0 unspecified atom stereocenters. The van der Waals surface area contributed by atoms with E-state index in [2.05, 4.69) is 15.9 Å². The van der Waals surface area contributed by atoms with Gasteiger partial charge in [0.15, 0.2) is 0 Å². The highest BCUT2D eigenvalue weighted by Crippen LogP contribution is 2.26. The summed E-state index contributed by atoms with van der Waals surface area (Å²) in [6.45, 7) is 2.59. The highest BCUT2D eigenvalue weighted by molar-refractivity contribution is 9.10. The Hall–Kier alpha value is -1.23. The number of rotatable bonds is 2. The Bertz CT molecular complexity index is 395. The lowest BCUT2D eigenvalue weighted by atomic mass is 10.2. The molecule has 0 spiro atoms. The van der Waals surface area contributed by atoms with Gasteiger partial charge in [-0.1, -0.05) is 15.9 Å². The number of benzene rings is 1. The zero-order valence-electron chi connectivity index (χ0n) is 9.70. The fourth-order valence-corrected chi connectivity index (χ4v) is 1.70. The van der Waals surface area contributed by atoms with E-state index >= 15 is 0 Å². The van der Waals surface area contributed by atoms with Crippen LogP contribution in [0, 0.1) is 0 Å². The molecule has 1 aromatic rings. The second-order valence-corrected chi connectivity index (χ2v) is 4.47. The molecule has 2 amide bonds. The van der Waals surface area contributed by atoms with Crippen LogP contribution >= 0.6 is 15.9 Å². The predicted molar refractivity (Wildman–Crippen MR) is 70.7 cm³/mol. The van der Waals surface area contributed by atoms with Crippen LogP contribution in [0.15, 0.2) is 22.7 Å². The molecule has 0 aliphatic carbocycles. The first kappa shape index (κ1) is 12.8. The molecule has 0 heterocycles. The van der Waals surface area contributed by atoms with Crippen molar-refractivity contribution in [2.24, 2.45) is 0 Å². The predicted octanol–water partition coefficient (Wildman–Crippen LogP) is 2.54. The number of anilines is 2. The van der Waals surface area contributed by atoms with Gasteiger partial charge < -0.3 is 10.6 Å². The van der Waals surface area contributed by atoms with Gasteiger partial charge in [-0.3, -0.25) is 4.90 Å². The first-order chi connectivity index (χ1) is 7.47. The van der Waals surface area contributed by atoms with Crippen molar-refractivity contribution in [1.29, 1.82) is 0 Å². The number of nitrogens with zero attached hydrogens (tertiary/aromatic N) is 2. The van der Waals surface area contributed by atoms with Gasteiger partial charge >= 0.3 is 6.03 Å². The lowest BCUT2D eigenvalue weighted by Crippen LogP contribution is -2.38. The quantitative estimate of drug-likeness (QED) is 0.849. The molecule has 0 saturated carbocycles. The Morgan fingerprint density at radius 1 is 1.44 bits per heavy atom. The van der Waals surface area contributed by atoms with Crippen LogP contribution in [0.1, 0.15) is 6.92 Å². The van der Waals surface area contributed by atoms with E-state index in [0.29, 0.717) is 17.9 Å². The van der Waals surface area contributed by atoms with Crippen LogP contribution in [0.4, 0.5) is 16.2 Å². The lowest BCUT2D eigenvalue weighted by Gasteiger charge is -2.24. The Morgan fingerprint density at radius 2 is 2.06 bits per heavy atom. The van der Waals surface area contributed by atoms with E-state index in [1.807, 2.05) is 19.1 Å². The maximum Gasteiger partial charge on any atom is 0.324 e. The minimum Gasteiger partial charge on any atom is -0.397 e. The summed E-state index contributed by atoms with van der Waals surface area (Å²) in [5, 5.41) is 0. The largest absolute Gasteiger partial charge is 0.397 e. The first-order valence-corrected chi connectivity index (χ1v) is 5.80. The summed E-state index contributed by atoms with van der Waals surface area (Å²) < 4.78 is 0.901. The molecule has 0 aliphatic heterocycles. The van der Waals surface area contributed by atoms with E-state index < -0.39 is 0 Å². The highest BCUT2D eigenvalue weighted by Gasteiger charge is 2.16. The summed E-state index contributed by atoms with van der Waals surface area (Å²) in [6.07, 6.45) is 0. The van der Waals surface area contributed by atoms with E-state index in [-0.39, 0.29) is 6.03 Å².